The van der Waals surface area contributed by atoms with Crippen LogP contribution in [-0.4, -0.2) is 49.6 Å². The molecular formula is C16H14N4O9S. The number of nitrogens with one attached hydrogen (secondary N) is 1. The van der Waals surface area contributed by atoms with Gasteiger partial charge in [0.25, 0.3) is 5.69 Å². The van der Waals surface area contributed by atoms with Gasteiger partial charge in [-0.3, -0.25) is 20.0 Å². The summed E-state index contributed by atoms with van der Waals surface area (Å²) in [5, 5.41) is 21.2. The maximum Gasteiger partial charge on any atom is 0.513 e. The molecule has 30 heavy (non-hydrogen) atoms. The number of non-ortho nitro benzene ring substituents is 1. The number of amides is 1. The largest absolute Gasteiger partial charge is 0.513 e. The third kappa shape index (κ3) is 5.45. The molecule has 1 saturated heterocycles. The summed E-state index contributed by atoms with van der Waals surface area (Å²) in [5.41, 5.74) is -1.41. The number of nitro groups is 1. The maximum atomic E-state index is 12.0. The number of aromatic nitrogens is 2. The van der Waals surface area contributed by atoms with Gasteiger partial charge in [-0.2, -0.15) is 4.98 Å². The highest BCUT2D eigenvalue weighted by Gasteiger charge is 2.29. The molecule has 1 aromatic heterocycles. The summed E-state index contributed by atoms with van der Waals surface area (Å²) in [6, 6.07) is 6.21. The van der Waals surface area contributed by atoms with Gasteiger partial charge in [-0.1, -0.05) is 0 Å². The predicted molar refractivity (Wildman–Crippen MR) is 102 cm³/mol. The molecule has 2 aromatic rings. The lowest BCUT2D eigenvalue weighted by Gasteiger charge is -2.15. The van der Waals surface area contributed by atoms with Crippen LogP contribution in [0.3, 0.4) is 0 Å². The van der Waals surface area contributed by atoms with E-state index in [0.717, 1.165) is 0 Å². The van der Waals surface area contributed by atoms with E-state index in [-0.39, 0.29) is 23.9 Å². The van der Waals surface area contributed by atoms with E-state index < -0.39 is 34.5 Å². The molecule has 1 amide bonds. The number of thioether (sulfide) groups is 1. The van der Waals surface area contributed by atoms with E-state index in [1.165, 1.54) is 52.9 Å². The monoisotopic (exact) mass is 438 g/mol. The number of nitro benzene ring substituents is 1. The molecule has 0 unspecified atom stereocenters. The van der Waals surface area contributed by atoms with Crippen LogP contribution >= 0.6 is 11.8 Å². The van der Waals surface area contributed by atoms with Gasteiger partial charge < -0.3 is 19.3 Å². The predicted octanol–water partition coefficient (Wildman–Crippen LogP) is 2.05. The standard InChI is InChI=1S/C16H14N4O9S/c21-14-17-11(18-15(22)23)5-6-19(14)12-8-30-13(29-12)7-27-16(24)28-10-3-1-9(2-4-10)20(25)26/h1-6,12-13H,7-8H2,(H,22,23)(H,17,18,21)/t12-,13+/m0/s1. The van der Waals surface area contributed by atoms with Gasteiger partial charge in [-0.15, -0.1) is 11.8 Å². The summed E-state index contributed by atoms with van der Waals surface area (Å²) in [7, 11) is 0. The van der Waals surface area contributed by atoms with Crippen molar-refractivity contribution in [1.82, 2.24) is 9.55 Å². The zero-order valence-corrected chi connectivity index (χ0v) is 15.8. The van der Waals surface area contributed by atoms with Crippen LogP contribution < -0.4 is 15.7 Å². The molecule has 0 spiro atoms. The quantitative estimate of drug-likeness (QED) is 0.292. The lowest BCUT2D eigenvalue weighted by molar-refractivity contribution is -0.384. The Kier molecular flexibility index (Phi) is 6.48. The van der Waals surface area contributed by atoms with Crippen LogP contribution in [0.15, 0.2) is 41.3 Å². The Morgan fingerprint density at radius 3 is 2.73 bits per heavy atom. The van der Waals surface area contributed by atoms with E-state index in [1.807, 2.05) is 5.32 Å². The molecule has 0 radical (unpaired) electrons. The summed E-state index contributed by atoms with van der Waals surface area (Å²) < 4.78 is 16.7. The zero-order chi connectivity index (χ0) is 21.7. The van der Waals surface area contributed by atoms with Crippen LogP contribution in [0.4, 0.5) is 21.1 Å². The normalized spacial score (nSPS) is 17.9. The third-order valence-corrected chi connectivity index (χ3v) is 4.79. The topological polar surface area (TPSA) is 172 Å². The van der Waals surface area contributed by atoms with Gasteiger partial charge in [0.2, 0.25) is 0 Å². The lowest BCUT2D eigenvalue weighted by Crippen LogP contribution is -2.29. The van der Waals surface area contributed by atoms with Gasteiger partial charge in [0.05, 0.1) is 4.92 Å². The molecule has 158 valence electrons. The first-order chi connectivity index (χ1) is 14.3. The van der Waals surface area contributed by atoms with Crippen molar-refractivity contribution in [3.8, 4) is 5.75 Å². The Labute approximate surface area is 171 Å². The van der Waals surface area contributed by atoms with Crippen molar-refractivity contribution < 1.29 is 33.8 Å². The highest BCUT2D eigenvalue weighted by atomic mass is 32.2. The van der Waals surface area contributed by atoms with Gasteiger partial charge >= 0.3 is 17.9 Å². The number of hydrogen-bond donors (Lipinski definition) is 2. The lowest BCUT2D eigenvalue weighted by atomic mass is 10.3. The third-order valence-electron chi connectivity index (χ3n) is 3.69. The molecule has 14 heteroatoms. The van der Waals surface area contributed by atoms with E-state index in [2.05, 4.69) is 4.98 Å². The molecule has 0 aliphatic carbocycles. The summed E-state index contributed by atoms with van der Waals surface area (Å²) in [4.78, 5) is 48.0. The van der Waals surface area contributed by atoms with E-state index >= 15 is 0 Å². The average molecular weight is 438 g/mol. The molecule has 2 N–H and O–H groups in total. The number of anilines is 1. The van der Waals surface area contributed by atoms with Gasteiger partial charge in [0, 0.05) is 24.1 Å². The second kappa shape index (κ2) is 9.23. The van der Waals surface area contributed by atoms with Crippen LogP contribution in [-0.2, 0) is 9.47 Å². The van der Waals surface area contributed by atoms with Gasteiger partial charge in [0.1, 0.15) is 29.8 Å². The molecule has 0 bridgehead atoms. The molecule has 3 rings (SSSR count). The van der Waals surface area contributed by atoms with Crippen LogP contribution in [0.2, 0.25) is 0 Å². The minimum absolute atomic E-state index is 0.0798. The van der Waals surface area contributed by atoms with E-state index in [9.17, 15) is 24.5 Å². The van der Waals surface area contributed by atoms with Crippen LogP contribution in [0.5, 0.6) is 5.75 Å². The van der Waals surface area contributed by atoms with Gasteiger partial charge in [-0.25, -0.2) is 14.4 Å². The van der Waals surface area contributed by atoms with Crippen LogP contribution in [0.1, 0.15) is 6.23 Å². The van der Waals surface area contributed by atoms with Crippen molar-refractivity contribution in [2.45, 2.75) is 11.7 Å². The van der Waals surface area contributed by atoms with Crippen molar-refractivity contribution in [2.24, 2.45) is 0 Å². The number of hydrogen-bond acceptors (Lipinski definition) is 10. The van der Waals surface area contributed by atoms with Crippen molar-refractivity contribution in [1.29, 1.82) is 0 Å². The van der Waals surface area contributed by atoms with Crippen molar-refractivity contribution in [3.63, 3.8) is 0 Å². The number of benzene rings is 1. The second-order valence-corrected chi connectivity index (χ2v) is 6.89. The number of carboxylic acid groups (broad SMARTS) is 1. The molecule has 1 aliphatic heterocycles. The fourth-order valence-corrected chi connectivity index (χ4v) is 3.37. The minimum Gasteiger partial charge on any atom is -0.465 e. The minimum atomic E-state index is -1.34. The van der Waals surface area contributed by atoms with Crippen molar-refractivity contribution in [3.05, 3.63) is 57.1 Å². The highest BCUT2D eigenvalue weighted by molar-refractivity contribution is 8.00. The second-order valence-electron chi connectivity index (χ2n) is 5.70. The van der Waals surface area contributed by atoms with E-state index in [0.29, 0.717) is 5.75 Å². The Hall–Kier alpha value is -3.65. The molecule has 2 atom stereocenters. The maximum absolute atomic E-state index is 12.0. The Morgan fingerprint density at radius 1 is 1.37 bits per heavy atom. The summed E-state index contributed by atoms with van der Waals surface area (Å²) in [5.74, 6) is 0.345. The van der Waals surface area contributed by atoms with Crippen molar-refractivity contribution >= 4 is 35.5 Å². The molecular weight excluding hydrogens is 424 g/mol. The van der Waals surface area contributed by atoms with Crippen molar-refractivity contribution in [2.75, 3.05) is 17.7 Å². The Balaban J connectivity index is 1.49. The summed E-state index contributed by atoms with van der Waals surface area (Å²) in [6.45, 7) is -0.159. The Bertz CT molecular complexity index is 1010. The van der Waals surface area contributed by atoms with Crippen LogP contribution in [0.25, 0.3) is 0 Å². The molecule has 1 aliphatic rings. The van der Waals surface area contributed by atoms with E-state index in [1.54, 1.807) is 0 Å². The van der Waals surface area contributed by atoms with Gasteiger partial charge in [0.15, 0.2) is 0 Å². The van der Waals surface area contributed by atoms with E-state index in [4.69, 9.17) is 19.3 Å². The molecule has 0 saturated carbocycles. The average Bonchev–Trinajstić information content (AvgIpc) is 3.15. The number of carbonyl (C=O) groups excluding carboxylic acids is 1. The molecule has 13 nitrogen and oxygen atoms in total. The number of carbonyl (C=O) groups is 2. The number of nitrogens with zero attached hydrogens (tertiary/aromatic N) is 3. The summed E-state index contributed by atoms with van der Waals surface area (Å²) in [6.07, 6.45) is -1.68. The SMILES string of the molecule is O=C(O)Nc1ccn([C@@H]2CS[C@H](COC(=O)Oc3ccc([N+](=O)[O-])cc3)O2)c(=O)n1. The van der Waals surface area contributed by atoms with Gasteiger partial charge in [-0.05, 0) is 18.2 Å². The first-order valence-electron chi connectivity index (χ1n) is 8.27. The fourth-order valence-electron chi connectivity index (χ4n) is 2.39. The van der Waals surface area contributed by atoms with Crippen LogP contribution in [0, 0.1) is 10.1 Å². The number of ether oxygens (including phenoxy) is 3. The molecule has 1 fully saturated rings. The zero-order valence-electron chi connectivity index (χ0n) is 15.0. The highest BCUT2D eigenvalue weighted by Crippen LogP contribution is 2.31. The fraction of sp³-hybridized carbons (Fsp3) is 0.250. The number of rotatable bonds is 6. The molecule has 2 heterocycles. The Morgan fingerprint density at radius 2 is 2.10 bits per heavy atom. The molecule has 1 aromatic carbocycles. The smallest absolute Gasteiger partial charge is 0.465 e. The first-order valence-corrected chi connectivity index (χ1v) is 9.32. The summed E-state index contributed by atoms with van der Waals surface area (Å²) >= 11 is 1.30. The first kappa shape index (κ1) is 21.1.